The molecule has 0 saturated carbocycles. The lowest BCUT2D eigenvalue weighted by Gasteiger charge is -2.12. The molecule has 9 heteroatoms. The standard InChI is InChI=1S/C21H35FN4O3.HI/c1-4-6-12-28-14-15-29-13-11-26-21(23-5-2)25-10-9-24-20(27)18-8-7-17(3)19(22)16-18;/h7-8,16H,4-6,9-15H2,1-3H3,(H,24,27)(H2,23,25,26);1H. The third kappa shape index (κ3) is 13.0. The van der Waals surface area contributed by atoms with E-state index in [0.717, 1.165) is 26.0 Å². The van der Waals surface area contributed by atoms with Gasteiger partial charge in [-0.3, -0.25) is 9.79 Å². The average Bonchev–Trinajstić information content (AvgIpc) is 2.71. The second kappa shape index (κ2) is 18.3. The van der Waals surface area contributed by atoms with Crippen molar-refractivity contribution in [3.8, 4) is 0 Å². The summed E-state index contributed by atoms with van der Waals surface area (Å²) in [6, 6.07) is 4.46. The number of halogens is 2. The normalized spacial score (nSPS) is 11.0. The molecule has 30 heavy (non-hydrogen) atoms. The summed E-state index contributed by atoms with van der Waals surface area (Å²) in [7, 11) is 0. The van der Waals surface area contributed by atoms with Crippen LogP contribution in [0, 0.1) is 12.7 Å². The molecule has 0 spiro atoms. The molecular formula is C21H36FIN4O3. The lowest BCUT2D eigenvalue weighted by molar-refractivity contribution is 0.0497. The predicted octanol–water partition coefficient (Wildman–Crippen LogP) is 2.87. The monoisotopic (exact) mass is 538 g/mol. The van der Waals surface area contributed by atoms with Crippen LogP contribution in [-0.4, -0.2) is 64.5 Å². The van der Waals surface area contributed by atoms with Crippen molar-refractivity contribution in [2.24, 2.45) is 4.99 Å². The van der Waals surface area contributed by atoms with E-state index in [1.54, 1.807) is 19.1 Å². The molecule has 172 valence electrons. The number of guanidine groups is 1. The van der Waals surface area contributed by atoms with Gasteiger partial charge in [0.05, 0.1) is 26.4 Å². The number of aryl methyl sites for hydroxylation is 1. The highest BCUT2D eigenvalue weighted by Crippen LogP contribution is 2.08. The Balaban J connectivity index is 0.00000841. The molecule has 0 aliphatic rings. The van der Waals surface area contributed by atoms with Gasteiger partial charge in [0, 0.05) is 31.8 Å². The molecule has 0 radical (unpaired) electrons. The summed E-state index contributed by atoms with van der Waals surface area (Å²) in [5, 5.41) is 9.04. The first-order valence-electron chi connectivity index (χ1n) is 10.3. The lowest BCUT2D eigenvalue weighted by atomic mass is 10.1. The number of amides is 1. The summed E-state index contributed by atoms with van der Waals surface area (Å²) in [5.74, 6) is -0.0276. The van der Waals surface area contributed by atoms with Crippen LogP contribution in [0.4, 0.5) is 4.39 Å². The molecule has 0 fully saturated rings. The highest BCUT2D eigenvalue weighted by Gasteiger charge is 2.07. The Bertz CT molecular complexity index is 632. The predicted molar refractivity (Wildman–Crippen MR) is 129 cm³/mol. The van der Waals surface area contributed by atoms with Crippen LogP contribution in [0.25, 0.3) is 0 Å². The maximum Gasteiger partial charge on any atom is 0.251 e. The van der Waals surface area contributed by atoms with E-state index < -0.39 is 0 Å². The first-order chi connectivity index (χ1) is 14.1. The topological polar surface area (TPSA) is 84.0 Å². The number of nitrogens with zero attached hydrogens (tertiary/aromatic N) is 1. The molecule has 1 amide bonds. The van der Waals surface area contributed by atoms with Crippen LogP contribution in [-0.2, 0) is 9.47 Å². The zero-order valence-corrected chi connectivity index (χ0v) is 20.6. The Morgan fingerprint density at radius 3 is 2.40 bits per heavy atom. The summed E-state index contributed by atoms with van der Waals surface area (Å²) < 4.78 is 24.5. The van der Waals surface area contributed by atoms with E-state index in [0.29, 0.717) is 56.5 Å². The number of nitrogens with one attached hydrogen (secondary N) is 3. The second-order valence-corrected chi connectivity index (χ2v) is 6.49. The smallest absolute Gasteiger partial charge is 0.251 e. The van der Waals surface area contributed by atoms with Crippen LogP contribution in [0.5, 0.6) is 0 Å². The van der Waals surface area contributed by atoms with Crippen molar-refractivity contribution >= 4 is 35.8 Å². The minimum absolute atomic E-state index is 0. The van der Waals surface area contributed by atoms with Crippen molar-refractivity contribution in [3.05, 3.63) is 35.1 Å². The van der Waals surface area contributed by atoms with Crippen LogP contribution >= 0.6 is 24.0 Å². The van der Waals surface area contributed by atoms with Crippen molar-refractivity contribution < 1.29 is 18.7 Å². The van der Waals surface area contributed by atoms with Gasteiger partial charge >= 0.3 is 0 Å². The summed E-state index contributed by atoms with van der Waals surface area (Å²) in [4.78, 5) is 16.5. The molecule has 7 nitrogen and oxygen atoms in total. The van der Waals surface area contributed by atoms with Gasteiger partial charge in [-0.25, -0.2) is 4.39 Å². The van der Waals surface area contributed by atoms with E-state index in [1.165, 1.54) is 6.07 Å². The van der Waals surface area contributed by atoms with Crippen LogP contribution in [0.15, 0.2) is 23.2 Å². The summed E-state index contributed by atoms with van der Waals surface area (Å²) >= 11 is 0. The molecule has 0 aromatic heterocycles. The first-order valence-corrected chi connectivity index (χ1v) is 10.3. The highest BCUT2D eigenvalue weighted by molar-refractivity contribution is 14.0. The number of benzene rings is 1. The van der Waals surface area contributed by atoms with E-state index in [4.69, 9.17) is 9.47 Å². The van der Waals surface area contributed by atoms with Gasteiger partial charge in [-0.2, -0.15) is 0 Å². The van der Waals surface area contributed by atoms with Gasteiger partial charge in [-0.15, -0.1) is 24.0 Å². The lowest BCUT2D eigenvalue weighted by Crippen LogP contribution is -2.41. The van der Waals surface area contributed by atoms with E-state index in [-0.39, 0.29) is 35.7 Å². The van der Waals surface area contributed by atoms with Gasteiger partial charge in [0.2, 0.25) is 0 Å². The molecule has 1 aromatic carbocycles. The maximum atomic E-state index is 13.6. The van der Waals surface area contributed by atoms with E-state index in [1.807, 2.05) is 6.92 Å². The molecule has 0 atom stereocenters. The van der Waals surface area contributed by atoms with Gasteiger partial charge < -0.3 is 25.4 Å². The van der Waals surface area contributed by atoms with Crippen molar-refractivity contribution in [3.63, 3.8) is 0 Å². The molecule has 3 N–H and O–H groups in total. The Labute approximate surface area is 196 Å². The number of hydrogen-bond acceptors (Lipinski definition) is 4. The van der Waals surface area contributed by atoms with Crippen molar-refractivity contribution in [1.29, 1.82) is 0 Å². The van der Waals surface area contributed by atoms with Gasteiger partial charge in [0.25, 0.3) is 5.91 Å². The van der Waals surface area contributed by atoms with Gasteiger partial charge in [-0.1, -0.05) is 19.4 Å². The number of aliphatic imine (C=N–C) groups is 1. The zero-order chi connectivity index (χ0) is 21.3. The van der Waals surface area contributed by atoms with Crippen molar-refractivity contribution in [2.45, 2.75) is 33.6 Å². The summed E-state index contributed by atoms with van der Waals surface area (Å²) in [6.45, 7) is 10.4. The molecule has 0 aliphatic heterocycles. The molecule has 1 rings (SSSR count). The van der Waals surface area contributed by atoms with Crippen molar-refractivity contribution in [2.75, 3.05) is 52.6 Å². The largest absolute Gasteiger partial charge is 0.379 e. The fourth-order valence-electron chi connectivity index (χ4n) is 2.33. The van der Waals surface area contributed by atoms with E-state index >= 15 is 0 Å². The summed E-state index contributed by atoms with van der Waals surface area (Å²) in [5.41, 5.74) is 0.826. The highest BCUT2D eigenvalue weighted by atomic mass is 127. The van der Waals surface area contributed by atoms with Crippen molar-refractivity contribution in [1.82, 2.24) is 16.0 Å². The molecule has 0 unspecified atom stereocenters. The third-order valence-electron chi connectivity index (χ3n) is 4.00. The number of carbonyl (C=O) groups excluding carboxylic acids is 1. The van der Waals surface area contributed by atoms with E-state index in [9.17, 15) is 9.18 Å². The van der Waals surface area contributed by atoms with Gasteiger partial charge in [0.15, 0.2) is 5.96 Å². The molecule has 1 aromatic rings. The Kier molecular flexibility index (Phi) is 17.4. The van der Waals surface area contributed by atoms with Gasteiger partial charge in [0.1, 0.15) is 5.82 Å². The van der Waals surface area contributed by atoms with Crippen LogP contribution in [0.2, 0.25) is 0 Å². The zero-order valence-electron chi connectivity index (χ0n) is 18.3. The number of hydrogen-bond donors (Lipinski definition) is 3. The Hall–Kier alpha value is -1.46. The fraction of sp³-hybridized carbons (Fsp3) is 0.619. The van der Waals surface area contributed by atoms with Crippen LogP contribution < -0.4 is 16.0 Å². The summed E-state index contributed by atoms with van der Waals surface area (Å²) in [6.07, 6.45) is 2.20. The first kappa shape index (κ1) is 28.5. The Morgan fingerprint density at radius 2 is 1.73 bits per heavy atom. The van der Waals surface area contributed by atoms with Gasteiger partial charge in [-0.05, 0) is 38.0 Å². The maximum absolute atomic E-state index is 13.6. The number of ether oxygens (including phenoxy) is 2. The molecular weight excluding hydrogens is 502 g/mol. The second-order valence-electron chi connectivity index (χ2n) is 6.49. The van der Waals surface area contributed by atoms with Crippen LogP contribution in [0.3, 0.4) is 0 Å². The minimum Gasteiger partial charge on any atom is -0.379 e. The average molecular weight is 538 g/mol. The third-order valence-corrected chi connectivity index (χ3v) is 4.00. The molecule has 0 aliphatic carbocycles. The SMILES string of the molecule is CCCCOCCOCCN=C(NCC)NCCNC(=O)c1ccc(C)c(F)c1.I. The van der Waals surface area contributed by atoms with E-state index in [2.05, 4.69) is 27.9 Å². The molecule has 0 bridgehead atoms. The Morgan fingerprint density at radius 1 is 1.03 bits per heavy atom. The quantitative estimate of drug-likeness (QED) is 0.147. The molecule has 0 heterocycles. The number of carbonyl (C=O) groups is 1. The fourth-order valence-corrected chi connectivity index (χ4v) is 2.33. The number of rotatable bonds is 14. The number of unbranched alkanes of at least 4 members (excludes halogenated alkanes) is 1. The van der Waals surface area contributed by atoms with Crippen LogP contribution in [0.1, 0.15) is 42.6 Å². The minimum atomic E-state index is -0.382. The molecule has 0 saturated heterocycles.